The van der Waals surface area contributed by atoms with E-state index in [0.29, 0.717) is 0 Å². The van der Waals surface area contributed by atoms with E-state index in [-0.39, 0.29) is 11.6 Å². The number of nitrogens with zero attached hydrogens (tertiary/aromatic N) is 1. The summed E-state index contributed by atoms with van der Waals surface area (Å²) in [7, 11) is 4.38. The minimum absolute atomic E-state index is 0.140. The second-order valence-corrected chi connectivity index (χ2v) is 6.25. The van der Waals surface area contributed by atoms with Gasteiger partial charge >= 0.3 is 0 Å². The quantitative estimate of drug-likeness (QED) is 0.641. The SMILES string of the molecule is CCc1ccc(C(NN)C2(N(C)C)CCCCC2)cc1. The highest BCUT2D eigenvalue weighted by atomic mass is 15.3. The number of nitrogens with one attached hydrogen (secondary N) is 1. The van der Waals surface area contributed by atoms with Gasteiger partial charge in [-0.2, -0.15) is 0 Å². The third-order valence-electron chi connectivity index (χ3n) is 5.04. The van der Waals surface area contributed by atoms with Gasteiger partial charge in [0.2, 0.25) is 0 Å². The lowest BCUT2D eigenvalue weighted by atomic mass is 9.73. The van der Waals surface area contributed by atoms with Crippen molar-refractivity contribution in [1.82, 2.24) is 10.3 Å². The molecule has 1 aliphatic rings. The number of rotatable bonds is 5. The van der Waals surface area contributed by atoms with Crippen LogP contribution in [0.5, 0.6) is 0 Å². The second kappa shape index (κ2) is 6.70. The third kappa shape index (κ3) is 2.90. The lowest BCUT2D eigenvalue weighted by Gasteiger charge is -2.48. The van der Waals surface area contributed by atoms with Crippen LogP contribution in [0.2, 0.25) is 0 Å². The zero-order valence-corrected chi connectivity index (χ0v) is 13.2. The minimum atomic E-state index is 0.140. The van der Waals surface area contributed by atoms with Crippen LogP contribution >= 0.6 is 0 Å². The molecule has 0 aromatic heterocycles. The molecule has 1 atom stereocenters. The van der Waals surface area contributed by atoms with Gasteiger partial charge in [-0.25, -0.2) is 0 Å². The summed E-state index contributed by atoms with van der Waals surface area (Å²) < 4.78 is 0. The zero-order valence-electron chi connectivity index (χ0n) is 13.2. The monoisotopic (exact) mass is 275 g/mol. The van der Waals surface area contributed by atoms with Gasteiger partial charge in [0.1, 0.15) is 0 Å². The Morgan fingerprint density at radius 2 is 1.75 bits per heavy atom. The van der Waals surface area contributed by atoms with Crippen LogP contribution in [0.1, 0.15) is 56.2 Å². The molecule has 0 bridgehead atoms. The molecule has 3 heteroatoms. The maximum absolute atomic E-state index is 5.95. The molecule has 1 aromatic carbocycles. The average molecular weight is 275 g/mol. The van der Waals surface area contributed by atoms with Crippen molar-refractivity contribution >= 4 is 0 Å². The average Bonchev–Trinajstić information content (AvgIpc) is 2.49. The van der Waals surface area contributed by atoms with Crippen LogP contribution in [0.25, 0.3) is 0 Å². The summed E-state index contributed by atoms with van der Waals surface area (Å²) in [6.07, 6.45) is 7.45. The molecule has 3 N–H and O–H groups in total. The highest BCUT2D eigenvalue weighted by molar-refractivity contribution is 5.28. The van der Waals surface area contributed by atoms with Crippen molar-refractivity contribution < 1.29 is 0 Å². The third-order valence-corrected chi connectivity index (χ3v) is 5.04. The van der Waals surface area contributed by atoms with Crippen LogP contribution in [-0.2, 0) is 6.42 Å². The summed E-state index contributed by atoms with van der Waals surface area (Å²) in [4.78, 5) is 2.38. The largest absolute Gasteiger partial charge is 0.302 e. The first-order valence-corrected chi connectivity index (χ1v) is 7.86. The van der Waals surface area contributed by atoms with E-state index >= 15 is 0 Å². The standard InChI is InChI=1S/C17H29N3/c1-4-14-8-10-15(11-9-14)16(19-18)17(20(2)3)12-6-5-7-13-17/h8-11,16,19H,4-7,12-13,18H2,1-3H3. The molecule has 112 valence electrons. The Morgan fingerprint density at radius 1 is 1.15 bits per heavy atom. The molecule has 0 spiro atoms. The first kappa shape index (κ1) is 15.5. The Balaban J connectivity index is 2.32. The van der Waals surface area contributed by atoms with E-state index < -0.39 is 0 Å². The van der Waals surface area contributed by atoms with Gasteiger partial charge in [-0.1, -0.05) is 50.5 Å². The van der Waals surface area contributed by atoms with Crippen molar-refractivity contribution in [3.05, 3.63) is 35.4 Å². The molecule has 1 fully saturated rings. The smallest absolute Gasteiger partial charge is 0.0643 e. The van der Waals surface area contributed by atoms with E-state index in [9.17, 15) is 0 Å². The highest BCUT2D eigenvalue weighted by Crippen LogP contribution is 2.41. The number of hydrazine groups is 1. The fourth-order valence-electron chi connectivity index (χ4n) is 3.67. The lowest BCUT2D eigenvalue weighted by molar-refractivity contribution is 0.0564. The van der Waals surface area contributed by atoms with Crippen LogP contribution in [0.4, 0.5) is 0 Å². The minimum Gasteiger partial charge on any atom is -0.302 e. The Kier molecular flexibility index (Phi) is 5.19. The number of nitrogens with two attached hydrogens (primary N) is 1. The fraction of sp³-hybridized carbons (Fsp3) is 0.647. The van der Waals surface area contributed by atoms with Crippen molar-refractivity contribution in [2.45, 2.75) is 57.0 Å². The molecular formula is C17H29N3. The Morgan fingerprint density at radius 3 is 2.20 bits per heavy atom. The zero-order chi connectivity index (χ0) is 14.6. The molecule has 1 aliphatic carbocycles. The molecule has 0 radical (unpaired) electrons. The molecule has 1 aromatic rings. The van der Waals surface area contributed by atoms with Gasteiger partial charge < -0.3 is 4.90 Å². The van der Waals surface area contributed by atoms with Gasteiger partial charge in [-0.3, -0.25) is 11.3 Å². The van der Waals surface area contributed by atoms with Crippen LogP contribution in [0.3, 0.4) is 0 Å². The number of hydrogen-bond donors (Lipinski definition) is 2. The van der Waals surface area contributed by atoms with Crippen molar-refractivity contribution in [3.63, 3.8) is 0 Å². The summed E-state index contributed by atoms with van der Waals surface area (Å²) in [6, 6.07) is 9.13. The molecule has 0 aliphatic heterocycles. The van der Waals surface area contributed by atoms with Crippen molar-refractivity contribution in [1.29, 1.82) is 0 Å². The van der Waals surface area contributed by atoms with E-state index in [0.717, 1.165) is 6.42 Å². The summed E-state index contributed by atoms with van der Waals surface area (Å²) in [6.45, 7) is 2.19. The maximum Gasteiger partial charge on any atom is 0.0643 e. The number of benzene rings is 1. The Hall–Kier alpha value is -0.900. The van der Waals surface area contributed by atoms with Crippen LogP contribution in [-0.4, -0.2) is 24.5 Å². The molecule has 1 saturated carbocycles. The predicted octanol–water partition coefficient (Wildman–Crippen LogP) is 3.02. The number of hydrogen-bond acceptors (Lipinski definition) is 3. The topological polar surface area (TPSA) is 41.3 Å². The molecule has 20 heavy (non-hydrogen) atoms. The Bertz CT molecular complexity index is 405. The van der Waals surface area contributed by atoms with Crippen LogP contribution in [0.15, 0.2) is 24.3 Å². The molecule has 3 nitrogen and oxygen atoms in total. The van der Waals surface area contributed by atoms with Crippen molar-refractivity contribution in [2.75, 3.05) is 14.1 Å². The van der Waals surface area contributed by atoms with Crippen LogP contribution in [0, 0.1) is 0 Å². The molecular weight excluding hydrogens is 246 g/mol. The van der Waals surface area contributed by atoms with E-state index in [4.69, 9.17) is 5.84 Å². The van der Waals surface area contributed by atoms with Gasteiger partial charge in [0, 0.05) is 5.54 Å². The first-order chi connectivity index (χ1) is 9.64. The molecule has 0 heterocycles. The normalized spacial score (nSPS) is 20.1. The highest BCUT2D eigenvalue weighted by Gasteiger charge is 2.42. The van der Waals surface area contributed by atoms with E-state index in [1.807, 2.05) is 0 Å². The summed E-state index contributed by atoms with van der Waals surface area (Å²) in [5.74, 6) is 5.95. The summed E-state index contributed by atoms with van der Waals surface area (Å²) >= 11 is 0. The first-order valence-electron chi connectivity index (χ1n) is 7.86. The van der Waals surface area contributed by atoms with Gasteiger partial charge in [0.25, 0.3) is 0 Å². The molecule has 0 saturated heterocycles. The Labute approximate surface area is 123 Å². The van der Waals surface area contributed by atoms with Gasteiger partial charge in [-0.05, 0) is 44.5 Å². The number of likely N-dealkylation sites (N-methyl/N-ethyl adjacent to an activating group) is 1. The van der Waals surface area contributed by atoms with Gasteiger partial charge in [0.15, 0.2) is 0 Å². The van der Waals surface area contributed by atoms with Gasteiger partial charge in [0.05, 0.1) is 6.04 Å². The summed E-state index contributed by atoms with van der Waals surface area (Å²) in [5.41, 5.74) is 5.93. The second-order valence-electron chi connectivity index (χ2n) is 6.25. The molecule has 2 rings (SSSR count). The van der Waals surface area contributed by atoms with Gasteiger partial charge in [-0.15, -0.1) is 0 Å². The fourth-order valence-corrected chi connectivity index (χ4v) is 3.67. The van der Waals surface area contributed by atoms with E-state index in [1.165, 1.54) is 43.2 Å². The predicted molar refractivity (Wildman–Crippen MR) is 85.4 cm³/mol. The van der Waals surface area contributed by atoms with E-state index in [2.05, 4.69) is 55.6 Å². The van der Waals surface area contributed by atoms with E-state index in [1.54, 1.807) is 0 Å². The molecule has 1 unspecified atom stereocenters. The molecule has 0 amide bonds. The number of aryl methyl sites for hydroxylation is 1. The maximum atomic E-state index is 5.95. The summed E-state index contributed by atoms with van der Waals surface area (Å²) in [5, 5.41) is 0. The lowest BCUT2D eigenvalue weighted by Crippen LogP contribution is -2.56. The van der Waals surface area contributed by atoms with Crippen molar-refractivity contribution in [3.8, 4) is 0 Å². The van der Waals surface area contributed by atoms with Crippen molar-refractivity contribution in [2.24, 2.45) is 5.84 Å². The van der Waals surface area contributed by atoms with Crippen LogP contribution < -0.4 is 11.3 Å².